The highest BCUT2D eigenvalue weighted by molar-refractivity contribution is 5.86. The van der Waals surface area contributed by atoms with Crippen molar-refractivity contribution in [3.8, 4) is 0 Å². The van der Waals surface area contributed by atoms with Gasteiger partial charge in [-0.3, -0.25) is 9.63 Å². The quantitative estimate of drug-likeness (QED) is 0.333. The van der Waals surface area contributed by atoms with Gasteiger partial charge in [-0.15, -0.1) is 0 Å². The van der Waals surface area contributed by atoms with Crippen LogP contribution in [0.2, 0.25) is 0 Å². The van der Waals surface area contributed by atoms with Crippen molar-refractivity contribution in [2.45, 2.75) is 79.6 Å². The molecule has 3 saturated carbocycles. The normalized spacial score (nSPS) is 36.2. The van der Waals surface area contributed by atoms with E-state index in [0.717, 1.165) is 5.92 Å². The Morgan fingerprint density at radius 3 is 2.66 bits per heavy atom. The summed E-state index contributed by atoms with van der Waals surface area (Å²) in [4.78, 5) is 17.3. The Morgan fingerprint density at radius 2 is 1.97 bits per heavy atom. The highest BCUT2D eigenvalue weighted by atomic mass is 16.7. The number of rotatable bonds is 5. The lowest BCUT2D eigenvalue weighted by Crippen LogP contribution is -2.39. The zero-order valence-corrected chi connectivity index (χ0v) is 21.5. The van der Waals surface area contributed by atoms with Gasteiger partial charge in [0.25, 0.3) is 5.91 Å². The maximum Gasteiger partial charge on any atom is 0.269 e. The minimum atomic E-state index is -0.104. The van der Waals surface area contributed by atoms with Crippen LogP contribution >= 0.6 is 0 Å². The minimum Gasteiger partial charge on any atom is -0.274 e. The molecular weight excluding hydrogens is 394 g/mol. The molecule has 3 rings (SSSR count). The first kappa shape index (κ1) is 25.0. The van der Waals surface area contributed by atoms with E-state index in [1.165, 1.54) is 68.3 Å². The highest BCUT2D eigenvalue weighted by Crippen LogP contribution is 2.62. The van der Waals surface area contributed by atoms with Gasteiger partial charge in [-0.05, 0) is 90.6 Å². The van der Waals surface area contributed by atoms with Gasteiger partial charge in [0.15, 0.2) is 0 Å². The van der Waals surface area contributed by atoms with Gasteiger partial charge in [-0.25, -0.2) is 5.06 Å². The number of carbonyl (C=O) groups excluding carboxylic acids is 1. The predicted octanol–water partition coefficient (Wildman–Crippen LogP) is 7.28. The molecule has 0 aromatic heterocycles. The molecule has 178 valence electrons. The van der Waals surface area contributed by atoms with Crippen LogP contribution in [0.15, 0.2) is 47.6 Å². The summed E-state index contributed by atoms with van der Waals surface area (Å²) in [5, 5.41) is 1.28. The molecule has 0 heterocycles. The standard InChI is InChI=1S/C29H45NO2/c1-20-18-21(2)22(3)24(19-20)12-11-23-10-9-16-29(6)25(23)13-14-26(29)28(4,5)17-15-27(31)30(7)32-8/h11-12,15,17,20-21,25-26H,3,9-10,13-14,16,18-19H2,1-2,4-8H3/b17-15+,23-11+,24-12+/t20-,21-,25?,26?,29-/m0/s1. The molecule has 0 N–H and O–H groups in total. The number of likely N-dealkylation sites (N-methyl/N-ethyl adjacent to an activating group) is 1. The first-order chi connectivity index (χ1) is 15.0. The molecule has 3 heteroatoms. The summed E-state index contributed by atoms with van der Waals surface area (Å²) in [6.45, 7) is 16.2. The lowest BCUT2D eigenvalue weighted by atomic mass is 9.57. The molecule has 0 radical (unpaired) electrons. The summed E-state index contributed by atoms with van der Waals surface area (Å²) >= 11 is 0. The Bertz CT molecular complexity index is 817. The van der Waals surface area contributed by atoms with Gasteiger partial charge in [0, 0.05) is 13.1 Å². The van der Waals surface area contributed by atoms with E-state index in [1.807, 2.05) is 0 Å². The van der Waals surface area contributed by atoms with Gasteiger partial charge in [-0.1, -0.05) is 65.0 Å². The van der Waals surface area contributed by atoms with Crippen molar-refractivity contribution < 1.29 is 9.63 Å². The average Bonchev–Trinajstić information content (AvgIpc) is 3.11. The van der Waals surface area contributed by atoms with Crippen LogP contribution in [-0.2, 0) is 9.63 Å². The van der Waals surface area contributed by atoms with Crippen molar-refractivity contribution in [1.82, 2.24) is 5.06 Å². The minimum absolute atomic E-state index is 0.0306. The number of hydrogen-bond donors (Lipinski definition) is 0. The second kappa shape index (κ2) is 9.71. The van der Waals surface area contributed by atoms with E-state index in [1.54, 1.807) is 18.7 Å². The van der Waals surface area contributed by atoms with Crippen LogP contribution in [0.25, 0.3) is 0 Å². The lowest BCUT2D eigenvalue weighted by molar-refractivity contribution is -0.162. The fraction of sp³-hybridized carbons (Fsp3) is 0.690. The first-order valence-electron chi connectivity index (χ1n) is 12.6. The van der Waals surface area contributed by atoms with E-state index in [4.69, 9.17) is 4.84 Å². The molecule has 1 amide bonds. The number of carbonyl (C=O) groups is 1. The smallest absolute Gasteiger partial charge is 0.269 e. The fourth-order valence-corrected chi connectivity index (χ4v) is 7.09. The maximum atomic E-state index is 12.2. The molecule has 0 bridgehead atoms. The summed E-state index contributed by atoms with van der Waals surface area (Å²) in [7, 11) is 3.18. The van der Waals surface area contributed by atoms with E-state index in [-0.39, 0.29) is 16.7 Å². The highest BCUT2D eigenvalue weighted by Gasteiger charge is 2.53. The zero-order valence-electron chi connectivity index (χ0n) is 21.5. The van der Waals surface area contributed by atoms with Crippen LogP contribution in [0, 0.1) is 34.5 Å². The monoisotopic (exact) mass is 439 g/mol. The summed E-state index contributed by atoms with van der Waals surface area (Å²) in [5.74, 6) is 2.46. The van der Waals surface area contributed by atoms with E-state index in [0.29, 0.717) is 17.8 Å². The second-order valence-corrected chi connectivity index (χ2v) is 11.6. The van der Waals surface area contributed by atoms with Crippen molar-refractivity contribution in [1.29, 1.82) is 0 Å². The van der Waals surface area contributed by atoms with Crippen molar-refractivity contribution in [2.24, 2.45) is 34.5 Å². The molecule has 2 unspecified atom stereocenters. The zero-order chi connectivity index (χ0) is 23.7. The SMILES string of the molecule is C=C1/C(=C/C=C2\CCC[C@@]3(C)C2CCC3C(C)(C)/C=C/C(=O)N(C)OC)C[C@@H](C)C[C@@H]1C. The van der Waals surface area contributed by atoms with Gasteiger partial charge in [0.05, 0.1) is 7.11 Å². The van der Waals surface area contributed by atoms with Gasteiger partial charge in [0.2, 0.25) is 0 Å². The third kappa shape index (κ3) is 4.98. The van der Waals surface area contributed by atoms with Crippen molar-refractivity contribution in [3.05, 3.63) is 47.6 Å². The molecule has 3 aliphatic carbocycles. The molecule has 5 atom stereocenters. The summed E-state index contributed by atoms with van der Waals surface area (Å²) < 4.78 is 0. The number of nitrogens with zero attached hydrogens (tertiary/aromatic N) is 1. The van der Waals surface area contributed by atoms with Gasteiger partial charge < -0.3 is 0 Å². The Balaban J connectivity index is 1.81. The van der Waals surface area contributed by atoms with Crippen LogP contribution in [0.4, 0.5) is 0 Å². The summed E-state index contributed by atoms with van der Waals surface area (Å²) in [5.41, 5.74) is 4.71. The molecule has 0 aliphatic heterocycles. The maximum absolute atomic E-state index is 12.2. The van der Waals surface area contributed by atoms with Gasteiger partial charge >= 0.3 is 0 Å². The Hall–Kier alpha value is -1.61. The predicted molar refractivity (Wildman–Crippen MR) is 134 cm³/mol. The number of fused-ring (bicyclic) bond motifs is 1. The average molecular weight is 440 g/mol. The molecule has 32 heavy (non-hydrogen) atoms. The van der Waals surface area contributed by atoms with E-state index in [9.17, 15) is 4.79 Å². The summed E-state index contributed by atoms with van der Waals surface area (Å²) in [6.07, 6.45) is 17.4. The molecule has 0 saturated heterocycles. The third-order valence-electron chi connectivity index (χ3n) is 8.93. The Kier molecular flexibility index (Phi) is 7.59. The summed E-state index contributed by atoms with van der Waals surface area (Å²) in [6, 6.07) is 0. The van der Waals surface area contributed by atoms with Gasteiger partial charge in [-0.2, -0.15) is 0 Å². The first-order valence-corrected chi connectivity index (χ1v) is 12.6. The largest absolute Gasteiger partial charge is 0.274 e. The van der Waals surface area contributed by atoms with E-state index < -0.39 is 0 Å². The molecular formula is C29H45NO2. The van der Waals surface area contributed by atoms with E-state index in [2.05, 4.69) is 59.4 Å². The number of hydroxylamine groups is 2. The number of hydrogen-bond acceptors (Lipinski definition) is 2. The second-order valence-electron chi connectivity index (χ2n) is 11.6. The third-order valence-corrected chi connectivity index (χ3v) is 8.93. The molecule has 3 fully saturated rings. The Morgan fingerprint density at radius 1 is 1.25 bits per heavy atom. The number of allylic oxidation sites excluding steroid dienone is 6. The van der Waals surface area contributed by atoms with E-state index >= 15 is 0 Å². The lowest BCUT2D eigenvalue weighted by Gasteiger charge is -2.47. The van der Waals surface area contributed by atoms with Crippen molar-refractivity contribution >= 4 is 5.91 Å². The van der Waals surface area contributed by atoms with Crippen LogP contribution < -0.4 is 0 Å². The molecule has 3 nitrogen and oxygen atoms in total. The van der Waals surface area contributed by atoms with Crippen LogP contribution in [0.5, 0.6) is 0 Å². The van der Waals surface area contributed by atoms with Crippen molar-refractivity contribution in [2.75, 3.05) is 14.2 Å². The Labute approximate surface area is 196 Å². The van der Waals surface area contributed by atoms with Crippen molar-refractivity contribution in [3.63, 3.8) is 0 Å². The van der Waals surface area contributed by atoms with Crippen LogP contribution in [0.3, 0.4) is 0 Å². The number of amides is 1. The van der Waals surface area contributed by atoms with Crippen LogP contribution in [-0.4, -0.2) is 25.1 Å². The molecule has 0 spiro atoms. The van der Waals surface area contributed by atoms with Gasteiger partial charge in [0.1, 0.15) is 0 Å². The fourth-order valence-electron chi connectivity index (χ4n) is 7.09. The molecule has 3 aliphatic rings. The topological polar surface area (TPSA) is 29.5 Å². The molecule has 0 aromatic rings. The molecule has 0 aromatic carbocycles. The van der Waals surface area contributed by atoms with Crippen LogP contribution in [0.1, 0.15) is 79.6 Å².